The molecule has 0 aliphatic carbocycles. The standard InChI is InChI=1S/C4H6N2O3.C2H4N4.2CH5AsO3.3Na/c5-6-3(7)1-2-4(8)9;3-2-4-1-5-6-2;2*1-2(3,4)5;;;/h1-2H,5H2,(H,6,7)(H,8,9);1H,(H3,3,4,5,6);2*1H3,(H2,3,4,5);;;/q;;;;3*+1/p-3. The molecule has 15 nitrogen and oxygen atoms in total. The molecule has 1 atom stereocenters. The van der Waals surface area contributed by atoms with Gasteiger partial charge in [0.1, 0.15) is 6.33 Å². The number of aromatic nitrogens is 3. The molecule has 0 saturated heterocycles. The van der Waals surface area contributed by atoms with E-state index >= 15 is 0 Å². The first kappa shape index (κ1) is 43.1. The normalized spacial score (nSPS) is 10.8. The van der Waals surface area contributed by atoms with Crippen LogP contribution in [0.1, 0.15) is 0 Å². The fourth-order valence-electron chi connectivity index (χ4n) is 0.410. The quantitative estimate of drug-likeness (QED) is 0.0645. The van der Waals surface area contributed by atoms with Crippen LogP contribution < -0.4 is 118 Å². The molecule has 0 radical (unpaired) electrons. The summed E-state index contributed by atoms with van der Waals surface area (Å²) in [5.41, 5.74) is 8.28. The fourth-order valence-corrected chi connectivity index (χ4v) is 0.410. The molecule has 20 heteroatoms. The number of anilines is 1. The van der Waals surface area contributed by atoms with E-state index in [9.17, 15) is 17.4 Å². The van der Waals surface area contributed by atoms with Crippen LogP contribution in [0.25, 0.3) is 0 Å². The summed E-state index contributed by atoms with van der Waals surface area (Å²) in [7, 11) is 0. The molecule has 0 aliphatic heterocycles. The molecule has 8 N–H and O–H groups in total. The van der Waals surface area contributed by atoms with Crippen LogP contribution >= 0.6 is 0 Å². The van der Waals surface area contributed by atoms with Gasteiger partial charge in [-0.3, -0.25) is 10.2 Å². The zero-order chi connectivity index (χ0) is 20.7. The van der Waals surface area contributed by atoms with Gasteiger partial charge in [-0.1, -0.05) is 0 Å². The Hall–Kier alpha value is 1.14. The molecule has 1 aromatic rings. The molecule has 146 valence electrons. The van der Waals surface area contributed by atoms with Crippen molar-refractivity contribution in [2.75, 3.05) is 5.73 Å². The van der Waals surface area contributed by atoms with E-state index in [1.165, 1.54) is 6.33 Å². The molecule has 1 amide bonds. The number of hydrogen-bond donors (Lipinski definition) is 6. The molecule has 1 rings (SSSR count). The molecule has 1 aromatic heterocycles. The van der Waals surface area contributed by atoms with Crippen molar-refractivity contribution in [3.63, 3.8) is 0 Å². The van der Waals surface area contributed by atoms with Gasteiger partial charge in [-0.05, 0) is 0 Å². The number of aromatic amines is 1. The number of carboxylic acids is 1. The summed E-state index contributed by atoms with van der Waals surface area (Å²) in [5, 5.41) is 13.8. The van der Waals surface area contributed by atoms with Gasteiger partial charge >= 0.3 is 158 Å². The third-order valence-corrected chi connectivity index (χ3v) is 0.953. The summed E-state index contributed by atoms with van der Waals surface area (Å²) in [4.78, 5) is 23.4. The molecule has 0 bridgehead atoms. The number of nitrogen functional groups attached to an aromatic ring is 1. The van der Waals surface area contributed by atoms with E-state index in [4.69, 9.17) is 26.9 Å². The number of nitrogens with zero attached hydrogens (tertiary/aromatic N) is 2. The van der Waals surface area contributed by atoms with Crippen LogP contribution in [-0.2, 0) is 17.1 Å². The van der Waals surface area contributed by atoms with Crippen LogP contribution in [0.3, 0.4) is 0 Å². The number of aliphatic carboxylic acids is 1. The van der Waals surface area contributed by atoms with Gasteiger partial charge in [0.15, 0.2) is 0 Å². The maximum Gasteiger partial charge on any atom is 1.00 e. The van der Waals surface area contributed by atoms with Crippen molar-refractivity contribution in [2.24, 2.45) is 5.84 Å². The predicted molar refractivity (Wildman–Crippen MR) is 76.7 cm³/mol. The first-order chi connectivity index (χ1) is 11.1. The molecule has 28 heavy (non-hydrogen) atoms. The Morgan fingerprint density at radius 1 is 1.18 bits per heavy atom. The van der Waals surface area contributed by atoms with Crippen LogP contribution in [-0.4, -0.2) is 64.6 Å². The Morgan fingerprint density at radius 3 is 1.68 bits per heavy atom. The number of hydrazine groups is 1. The molecule has 0 aromatic carbocycles. The fraction of sp³-hybridized carbons (Fsp3) is 0.250. The Balaban J connectivity index is -0.0000000573. The smallest absolute Gasteiger partial charge is 0.478 e. The second kappa shape index (κ2) is 24.4. The molecule has 0 fully saturated rings. The van der Waals surface area contributed by atoms with Crippen molar-refractivity contribution >= 4 is 46.2 Å². The second-order valence-corrected chi connectivity index (χ2v) is 10.2. The largest absolute Gasteiger partial charge is 1.00 e. The summed E-state index contributed by atoms with van der Waals surface area (Å²) in [6, 6.07) is 0. The van der Waals surface area contributed by atoms with Gasteiger partial charge in [-0.25, -0.2) is 20.7 Å². The number of hydrogen-bond acceptors (Lipinski definition) is 11. The van der Waals surface area contributed by atoms with E-state index in [0.29, 0.717) is 17.7 Å². The SMILES string of the molecule is C[As](=O)([O-])O.C[As](=O)([O-])[O-].NNC(=O)C=CC(=O)O.Nc1ncn[nH]1.[Na+].[Na+].[Na+]. The summed E-state index contributed by atoms with van der Waals surface area (Å²) in [6.45, 7) is 0. The zero-order valence-corrected chi connectivity index (χ0v) is 25.7. The number of nitrogens with two attached hydrogens (primary N) is 2. The van der Waals surface area contributed by atoms with Crippen molar-refractivity contribution in [3.8, 4) is 0 Å². The van der Waals surface area contributed by atoms with Gasteiger partial charge in [-0.2, -0.15) is 5.10 Å². The minimum absolute atomic E-state index is 0. The number of rotatable bonds is 2. The number of H-pyrrole nitrogens is 1. The van der Waals surface area contributed by atoms with E-state index in [-0.39, 0.29) is 88.7 Å². The third kappa shape index (κ3) is 80.9. The first-order valence-corrected chi connectivity index (χ1v) is 14.0. The monoisotopic (exact) mass is 560 g/mol. The van der Waals surface area contributed by atoms with E-state index < -0.39 is 40.2 Å². The maximum atomic E-state index is 10.1. The van der Waals surface area contributed by atoms with E-state index in [1.807, 2.05) is 0 Å². The number of amides is 1. The summed E-state index contributed by atoms with van der Waals surface area (Å²) in [5.74, 6) is 3.15. The van der Waals surface area contributed by atoms with Gasteiger partial charge in [0.2, 0.25) is 5.95 Å². The number of carbonyl (C=O) groups excluding carboxylic acids is 1. The predicted octanol–water partition coefficient (Wildman–Crippen LogP) is -14.9. The van der Waals surface area contributed by atoms with Gasteiger partial charge < -0.3 is 10.8 Å². The minimum Gasteiger partial charge on any atom is -0.478 e. The van der Waals surface area contributed by atoms with Crippen LogP contribution in [0.15, 0.2) is 18.5 Å². The van der Waals surface area contributed by atoms with Gasteiger partial charge in [0, 0.05) is 12.2 Å². The van der Waals surface area contributed by atoms with Gasteiger partial charge in [-0.15, -0.1) is 0 Å². The van der Waals surface area contributed by atoms with Crippen LogP contribution in [0, 0.1) is 0 Å². The van der Waals surface area contributed by atoms with E-state index in [0.717, 1.165) is 11.8 Å². The average Bonchev–Trinajstić information content (AvgIpc) is 2.83. The van der Waals surface area contributed by atoms with Gasteiger partial charge in [0.25, 0.3) is 5.91 Å². The summed E-state index contributed by atoms with van der Waals surface area (Å²) < 4.78 is 53.6. The summed E-state index contributed by atoms with van der Waals surface area (Å²) in [6.07, 6.45) is 2.87. The van der Waals surface area contributed by atoms with Crippen molar-refractivity contribution in [2.45, 2.75) is 11.4 Å². The molecular weight excluding hydrogens is 543 g/mol. The Kier molecular flexibility index (Phi) is 37.6. The third-order valence-electron chi connectivity index (χ3n) is 0.953. The number of nitrogens with one attached hydrogen (secondary N) is 2. The van der Waals surface area contributed by atoms with Crippen molar-refractivity contribution in [1.29, 1.82) is 0 Å². The molecule has 1 heterocycles. The Morgan fingerprint density at radius 2 is 1.54 bits per heavy atom. The Bertz CT molecular complexity index is 585. The van der Waals surface area contributed by atoms with Crippen LogP contribution in [0.5, 0.6) is 0 Å². The summed E-state index contributed by atoms with van der Waals surface area (Å²) >= 11 is -9.00. The molecule has 0 spiro atoms. The topological polar surface area (TPSA) is 284 Å². The molecule has 0 aliphatic rings. The number of carbonyl (C=O) groups is 2. The van der Waals surface area contributed by atoms with Crippen molar-refractivity contribution in [1.82, 2.24) is 20.6 Å². The zero-order valence-electron chi connectivity index (χ0n) is 15.9. The average molecular weight is 560 g/mol. The number of carboxylic acid groups (broad SMARTS) is 1. The van der Waals surface area contributed by atoms with E-state index in [1.54, 1.807) is 5.43 Å². The minimum atomic E-state index is -4.62. The molecular formula is C8H17As2N6Na3O9. The second-order valence-electron chi connectivity index (χ2n) is 3.63. The van der Waals surface area contributed by atoms with E-state index in [2.05, 4.69) is 21.0 Å². The molecule has 0 saturated carbocycles. The van der Waals surface area contributed by atoms with Crippen molar-refractivity contribution in [3.05, 3.63) is 18.5 Å². The van der Waals surface area contributed by atoms with Crippen molar-refractivity contribution < 1.29 is 127 Å². The van der Waals surface area contributed by atoms with Crippen LogP contribution in [0.2, 0.25) is 11.4 Å². The van der Waals surface area contributed by atoms with Gasteiger partial charge in [0.05, 0.1) is 0 Å². The maximum absolute atomic E-state index is 10.1. The Labute approximate surface area is 232 Å². The first-order valence-electron chi connectivity index (χ1n) is 5.59. The van der Waals surface area contributed by atoms with Crippen LogP contribution in [0.4, 0.5) is 5.95 Å². The molecule has 1 unspecified atom stereocenters.